The topological polar surface area (TPSA) is 68.5 Å². The third-order valence-electron chi connectivity index (χ3n) is 4.13. The van der Waals surface area contributed by atoms with E-state index in [-0.39, 0.29) is 12.0 Å². The number of aryl methyl sites for hydroxylation is 1. The maximum Gasteiger partial charge on any atom is 0.254 e. The minimum absolute atomic E-state index is 0.0235. The minimum Gasteiger partial charge on any atom is -0.384 e. The highest BCUT2D eigenvalue weighted by molar-refractivity contribution is 5.95. The van der Waals surface area contributed by atoms with Crippen LogP contribution in [0, 0.1) is 5.92 Å². The summed E-state index contributed by atoms with van der Waals surface area (Å²) in [6, 6.07) is 3.53. The fourth-order valence-corrected chi connectivity index (χ4v) is 2.83. The lowest BCUT2D eigenvalue weighted by atomic mass is 9.95. The Labute approximate surface area is 126 Å². The summed E-state index contributed by atoms with van der Waals surface area (Å²) in [6.07, 6.45) is 2.89. The molecule has 0 aromatic carbocycles. The lowest BCUT2D eigenvalue weighted by Gasteiger charge is -2.36. The van der Waals surface area contributed by atoms with Crippen LogP contribution in [0.4, 0.5) is 5.82 Å². The van der Waals surface area contributed by atoms with E-state index < -0.39 is 0 Å². The number of hydrogen-bond donors (Lipinski definition) is 1. The second-order valence-electron chi connectivity index (χ2n) is 5.81. The first-order chi connectivity index (χ1) is 10.0. The quantitative estimate of drug-likeness (QED) is 0.922. The van der Waals surface area contributed by atoms with Gasteiger partial charge in [0.2, 0.25) is 0 Å². The lowest BCUT2D eigenvalue weighted by Crippen LogP contribution is -2.46. The number of pyridine rings is 1. The van der Waals surface area contributed by atoms with E-state index in [9.17, 15) is 4.79 Å². The molecule has 2 atom stereocenters. The number of methoxy groups -OCH3 is 1. The Balaban J connectivity index is 2.16. The summed E-state index contributed by atoms with van der Waals surface area (Å²) in [6.45, 7) is 5.66. The predicted molar refractivity (Wildman–Crippen MR) is 83.1 cm³/mol. The van der Waals surface area contributed by atoms with Crippen LogP contribution in [-0.4, -0.2) is 42.1 Å². The minimum atomic E-state index is 0.0235. The lowest BCUT2D eigenvalue weighted by molar-refractivity contribution is -0.00157. The molecule has 2 heterocycles. The fraction of sp³-hybridized carbons (Fsp3) is 0.625. The molecule has 1 aromatic rings. The van der Waals surface area contributed by atoms with Gasteiger partial charge in [0.05, 0.1) is 6.10 Å². The van der Waals surface area contributed by atoms with Crippen molar-refractivity contribution in [3.63, 3.8) is 0 Å². The molecule has 1 aliphatic heterocycles. The zero-order valence-corrected chi connectivity index (χ0v) is 13.1. The van der Waals surface area contributed by atoms with Gasteiger partial charge in [0.15, 0.2) is 0 Å². The van der Waals surface area contributed by atoms with Crippen molar-refractivity contribution < 1.29 is 9.53 Å². The molecule has 2 rings (SSSR count). The van der Waals surface area contributed by atoms with Crippen molar-refractivity contribution in [2.24, 2.45) is 5.92 Å². The van der Waals surface area contributed by atoms with Crippen molar-refractivity contribution in [1.82, 2.24) is 9.88 Å². The van der Waals surface area contributed by atoms with Crippen LogP contribution in [-0.2, 0) is 11.2 Å². The summed E-state index contributed by atoms with van der Waals surface area (Å²) in [5, 5.41) is 0. The van der Waals surface area contributed by atoms with Gasteiger partial charge in [-0.25, -0.2) is 4.98 Å². The zero-order chi connectivity index (χ0) is 15.4. The predicted octanol–water partition coefficient (Wildman–Crippen LogP) is 2.11. The van der Waals surface area contributed by atoms with Crippen molar-refractivity contribution >= 4 is 11.7 Å². The first-order valence-electron chi connectivity index (χ1n) is 7.63. The highest BCUT2D eigenvalue weighted by Gasteiger charge is 2.29. The van der Waals surface area contributed by atoms with Gasteiger partial charge in [-0.1, -0.05) is 20.3 Å². The van der Waals surface area contributed by atoms with E-state index in [1.165, 1.54) is 0 Å². The Morgan fingerprint density at radius 1 is 1.52 bits per heavy atom. The number of piperidine rings is 1. The van der Waals surface area contributed by atoms with Crippen LogP contribution in [0.2, 0.25) is 0 Å². The molecule has 0 bridgehead atoms. The van der Waals surface area contributed by atoms with Crippen LogP contribution in [0.1, 0.15) is 42.7 Å². The molecule has 0 saturated carbocycles. The van der Waals surface area contributed by atoms with Crippen LogP contribution >= 0.6 is 0 Å². The van der Waals surface area contributed by atoms with Crippen LogP contribution in [0.15, 0.2) is 12.1 Å². The Bertz CT molecular complexity index is 504. The SMILES string of the molecule is CCCc1cc(C(=O)N2CCC(C)C(OC)C2)cc(N)n1. The molecule has 0 spiro atoms. The number of carbonyl (C=O) groups is 1. The van der Waals surface area contributed by atoms with Crippen molar-refractivity contribution in [3.05, 3.63) is 23.4 Å². The average Bonchev–Trinajstić information content (AvgIpc) is 2.47. The number of hydrogen-bond acceptors (Lipinski definition) is 4. The molecule has 2 N–H and O–H groups in total. The smallest absolute Gasteiger partial charge is 0.254 e. The van der Waals surface area contributed by atoms with E-state index in [1.54, 1.807) is 13.2 Å². The van der Waals surface area contributed by atoms with Crippen LogP contribution < -0.4 is 5.73 Å². The number of nitrogen functional groups attached to an aromatic ring is 1. The van der Waals surface area contributed by atoms with Gasteiger partial charge < -0.3 is 15.4 Å². The van der Waals surface area contributed by atoms with E-state index in [0.29, 0.717) is 23.8 Å². The third-order valence-corrected chi connectivity index (χ3v) is 4.13. The normalized spacial score (nSPS) is 22.3. The molecule has 1 fully saturated rings. The van der Waals surface area contributed by atoms with Gasteiger partial charge in [-0.2, -0.15) is 0 Å². The number of aromatic nitrogens is 1. The Morgan fingerprint density at radius 2 is 2.29 bits per heavy atom. The molecule has 5 nitrogen and oxygen atoms in total. The molecule has 1 aliphatic rings. The first kappa shape index (κ1) is 15.8. The van der Waals surface area contributed by atoms with E-state index in [1.807, 2.05) is 11.0 Å². The molecule has 5 heteroatoms. The molecule has 0 radical (unpaired) electrons. The number of carbonyl (C=O) groups excluding carboxylic acids is 1. The molecule has 2 unspecified atom stereocenters. The number of nitrogens with zero attached hydrogens (tertiary/aromatic N) is 2. The van der Waals surface area contributed by atoms with Crippen molar-refractivity contribution in [2.75, 3.05) is 25.9 Å². The summed E-state index contributed by atoms with van der Waals surface area (Å²) >= 11 is 0. The maximum atomic E-state index is 12.7. The monoisotopic (exact) mass is 291 g/mol. The van der Waals surface area contributed by atoms with Crippen molar-refractivity contribution in [3.8, 4) is 0 Å². The zero-order valence-electron chi connectivity index (χ0n) is 13.1. The van der Waals surface area contributed by atoms with Gasteiger partial charge in [0.25, 0.3) is 5.91 Å². The second-order valence-corrected chi connectivity index (χ2v) is 5.81. The summed E-state index contributed by atoms with van der Waals surface area (Å²) < 4.78 is 5.47. The van der Waals surface area contributed by atoms with Crippen molar-refractivity contribution in [1.29, 1.82) is 0 Å². The van der Waals surface area contributed by atoms with Crippen molar-refractivity contribution in [2.45, 2.75) is 39.2 Å². The highest BCUT2D eigenvalue weighted by atomic mass is 16.5. The van der Waals surface area contributed by atoms with E-state index in [4.69, 9.17) is 10.5 Å². The van der Waals surface area contributed by atoms with Gasteiger partial charge in [0, 0.05) is 31.5 Å². The van der Waals surface area contributed by atoms with Gasteiger partial charge in [-0.3, -0.25) is 4.79 Å². The number of amides is 1. The van der Waals surface area contributed by atoms with Gasteiger partial charge in [-0.15, -0.1) is 0 Å². The molecule has 21 heavy (non-hydrogen) atoms. The molecular formula is C16H25N3O2. The van der Waals surface area contributed by atoms with Crippen LogP contribution in [0.25, 0.3) is 0 Å². The van der Waals surface area contributed by atoms with Crippen LogP contribution in [0.3, 0.4) is 0 Å². The molecule has 0 aliphatic carbocycles. The second kappa shape index (κ2) is 6.89. The summed E-state index contributed by atoms with van der Waals surface area (Å²) in [4.78, 5) is 18.8. The Morgan fingerprint density at radius 3 is 2.95 bits per heavy atom. The largest absolute Gasteiger partial charge is 0.384 e. The standard InChI is InChI=1S/C16H25N3O2/c1-4-5-13-8-12(9-15(17)18-13)16(20)19-7-6-11(2)14(10-19)21-3/h8-9,11,14H,4-7,10H2,1-3H3,(H2,17,18). The summed E-state index contributed by atoms with van der Waals surface area (Å²) in [7, 11) is 1.71. The average molecular weight is 291 g/mol. The van der Waals surface area contributed by atoms with Gasteiger partial charge >= 0.3 is 0 Å². The molecular weight excluding hydrogens is 266 g/mol. The number of likely N-dealkylation sites (tertiary alicyclic amines) is 1. The molecule has 1 aromatic heterocycles. The summed E-state index contributed by atoms with van der Waals surface area (Å²) in [5.41, 5.74) is 7.34. The summed E-state index contributed by atoms with van der Waals surface area (Å²) in [5.74, 6) is 0.922. The Hall–Kier alpha value is -1.62. The van der Waals surface area contributed by atoms with E-state index in [2.05, 4.69) is 18.8 Å². The molecule has 116 valence electrons. The Kier molecular flexibility index (Phi) is 5.17. The molecule has 1 amide bonds. The highest BCUT2D eigenvalue weighted by Crippen LogP contribution is 2.21. The molecule has 1 saturated heterocycles. The fourth-order valence-electron chi connectivity index (χ4n) is 2.83. The number of rotatable bonds is 4. The first-order valence-corrected chi connectivity index (χ1v) is 7.63. The number of ether oxygens (including phenoxy) is 1. The van der Waals surface area contributed by atoms with Crippen LogP contribution in [0.5, 0.6) is 0 Å². The van der Waals surface area contributed by atoms with Gasteiger partial charge in [0.1, 0.15) is 5.82 Å². The van der Waals surface area contributed by atoms with Gasteiger partial charge in [-0.05, 0) is 30.9 Å². The number of anilines is 1. The van der Waals surface area contributed by atoms with E-state index in [0.717, 1.165) is 31.5 Å². The maximum absolute atomic E-state index is 12.7. The third kappa shape index (κ3) is 3.73. The number of nitrogens with two attached hydrogens (primary N) is 1. The van der Waals surface area contributed by atoms with E-state index >= 15 is 0 Å².